The molecule has 0 radical (unpaired) electrons. The number of hydrogen-bond donors (Lipinski definition) is 0. The fraction of sp³-hybridized carbons (Fsp3) is 0.455. The number of hydrogen-bond acceptors (Lipinski definition) is 2. The SMILES string of the molecule is CC(Cc1ccc2c(c1)CCN2C(C)C)N1Cc2ccccc2C1. The number of fused-ring (bicyclic) bond motifs is 2. The van der Waals surface area contributed by atoms with Crippen LogP contribution >= 0.6 is 0 Å². The van der Waals surface area contributed by atoms with E-state index in [9.17, 15) is 0 Å². The molecule has 0 saturated carbocycles. The van der Waals surface area contributed by atoms with Crippen molar-refractivity contribution in [3.05, 3.63) is 64.7 Å². The molecule has 126 valence electrons. The van der Waals surface area contributed by atoms with Crippen LogP contribution in [0.1, 0.15) is 43.0 Å². The van der Waals surface area contributed by atoms with E-state index in [-0.39, 0.29) is 0 Å². The maximum absolute atomic E-state index is 2.61. The molecule has 2 aliphatic rings. The van der Waals surface area contributed by atoms with E-state index in [4.69, 9.17) is 0 Å². The Morgan fingerprint density at radius 2 is 1.62 bits per heavy atom. The highest BCUT2D eigenvalue weighted by atomic mass is 15.2. The first-order valence-corrected chi connectivity index (χ1v) is 9.31. The smallest absolute Gasteiger partial charge is 0.0402 e. The first kappa shape index (κ1) is 15.7. The summed E-state index contributed by atoms with van der Waals surface area (Å²) < 4.78 is 0. The summed E-state index contributed by atoms with van der Waals surface area (Å²) >= 11 is 0. The molecule has 0 amide bonds. The van der Waals surface area contributed by atoms with Gasteiger partial charge in [-0.1, -0.05) is 36.4 Å². The summed E-state index contributed by atoms with van der Waals surface area (Å²) in [5.41, 5.74) is 7.49. The maximum Gasteiger partial charge on any atom is 0.0402 e. The van der Waals surface area contributed by atoms with Crippen LogP contribution in [0.5, 0.6) is 0 Å². The molecule has 4 rings (SSSR count). The molecule has 1 atom stereocenters. The Morgan fingerprint density at radius 3 is 2.29 bits per heavy atom. The Balaban J connectivity index is 1.45. The Labute approximate surface area is 146 Å². The summed E-state index contributed by atoms with van der Waals surface area (Å²) in [6.07, 6.45) is 2.34. The van der Waals surface area contributed by atoms with Crippen molar-refractivity contribution in [2.24, 2.45) is 0 Å². The second-order valence-electron chi connectivity index (χ2n) is 7.73. The average molecular weight is 320 g/mol. The fourth-order valence-corrected chi connectivity index (χ4v) is 4.29. The van der Waals surface area contributed by atoms with Crippen LogP contribution in [0.25, 0.3) is 0 Å². The van der Waals surface area contributed by atoms with Crippen LogP contribution in [0.3, 0.4) is 0 Å². The van der Waals surface area contributed by atoms with Crippen molar-refractivity contribution in [3.8, 4) is 0 Å². The molecule has 0 spiro atoms. The van der Waals surface area contributed by atoms with Gasteiger partial charge in [0.15, 0.2) is 0 Å². The summed E-state index contributed by atoms with van der Waals surface area (Å²) in [5.74, 6) is 0. The molecule has 0 bridgehead atoms. The Hall–Kier alpha value is -1.80. The molecule has 0 aromatic heterocycles. The molecule has 1 unspecified atom stereocenters. The molecule has 0 saturated heterocycles. The van der Waals surface area contributed by atoms with Crippen molar-refractivity contribution in [2.45, 2.75) is 58.8 Å². The molecule has 0 fully saturated rings. The van der Waals surface area contributed by atoms with Gasteiger partial charge in [0.25, 0.3) is 0 Å². The Morgan fingerprint density at radius 1 is 0.917 bits per heavy atom. The van der Waals surface area contributed by atoms with Gasteiger partial charge in [0, 0.05) is 37.4 Å². The predicted octanol–water partition coefficient (Wildman–Crippen LogP) is 4.40. The van der Waals surface area contributed by atoms with Crippen LogP contribution in [0, 0.1) is 0 Å². The summed E-state index contributed by atoms with van der Waals surface area (Å²) in [6, 6.07) is 17.2. The lowest BCUT2D eigenvalue weighted by molar-refractivity contribution is 0.211. The zero-order valence-corrected chi connectivity index (χ0v) is 15.1. The lowest BCUT2D eigenvalue weighted by atomic mass is 10.0. The average Bonchev–Trinajstić information content (AvgIpc) is 3.18. The summed E-state index contributed by atoms with van der Waals surface area (Å²) in [7, 11) is 0. The van der Waals surface area contributed by atoms with Gasteiger partial charge in [-0.15, -0.1) is 0 Å². The fourth-order valence-electron chi connectivity index (χ4n) is 4.29. The molecule has 2 aliphatic heterocycles. The van der Waals surface area contributed by atoms with Crippen molar-refractivity contribution < 1.29 is 0 Å². The van der Waals surface area contributed by atoms with Crippen LogP contribution in [0.2, 0.25) is 0 Å². The normalized spacial score (nSPS) is 18.1. The number of benzene rings is 2. The molecule has 0 N–H and O–H groups in total. The highest BCUT2D eigenvalue weighted by molar-refractivity contribution is 5.59. The number of anilines is 1. The van der Waals surface area contributed by atoms with E-state index in [1.165, 1.54) is 40.9 Å². The van der Waals surface area contributed by atoms with Crippen LogP contribution in [0.15, 0.2) is 42.5 Å². The van der Waals surface area contributed by atoms with Crippen molar-refractivity contribution >= 4 is 5.69 Å². The third-order valence-corrected chi connectivity index (χ3v) is 5.72. The van der Waals surface area contributed by atoms with E-state index in [2.05, 4.69) is 73.0 Å². The van der Waals surface area contributed by atoms with Crippen LogP contribution < -0.4 is 4.90 Å². The zero-order chi connectivity index (χ0) is 16.7. The summed E-state index contributed by atoms with van der Waals surface area (Å²) in [6.45, 7) is 10.3. The maximum atomic E-state index is 2.61. The highest BCUT2D eigenvalue weighted by Gasteiger charge is 2.24. The Bertz CT molecular complexity index is 709. The van der Waals surface area contributed by atoms with E-state index >= 15 is 0 Å². The molecule has 2 aromatic rings. The zero-order valence-electron chi connectivity index (χ0n) is 15.1. The molecular weight excluding hydrogens is 292 g/mol. The van der Waals surface area contributed by atoms with Crippen LogP contribution in [-0.2, 0) is 25.9 Å². The first-order valence-electron chi connectivity index (χ1n) is 9.31. The van der Waals surface area contributed by atoms with Crippen molar-refractivity contribution in [3.63, 3.8) is 0 Å². The van der Waals surface area contributed by atoms with Crippen molar-refractivity contribution in [2.75, 3.05) is 11.4 Å². The van der Waals surface area contributed by atoms with Gasteiger partial charge in [-0.3, -0.25) is 4.90 Å². The Kier molecular flexibility index (Phi) is 4.09. The molecule has 2 heteroatoms. The third kappa shape index (κ3) is 2.84. The number of rotatable bonds is 4. The molecule has 2 aromatic carbocycles. The predicted molar refractivity (Wildman–Crippen MR) is 101 cm³/mol. The van der Waals surface area contributed by atoms with E-state index in [1.807, 2.05) is 0 Å². The van der Waals surface area contributed by atoms with E-state index in [1.54, 1.807) is 0 Å². The van der Waals surface area contributed by atoms with Gasteiger partial charge in [-0.2, -0.15) is 0 Å². The monoisotopic (exact) mass is 320 g/mol. The number of nitrogens with zero attached hydrogens (tertiary/aromatic N) is 2. The van der Waals surface area contributed by atoms with Gasteiger partial charge >= 0.3 is 0 Å². The van der Waals surface area contributed by atoms with Gasteiger partial charge in [-0.05, 0) is 61.9 Å². The minimum absolute atomic E-state index is 0.582. The molecule has 2 nitrogen and oxygen atoms in total. The first-order chi connectivity index (χ1) is 11.6. The molecule has 24 heavy (non-hydrogen) atoms. The standard InChI is InChI=1S/C22H28N2/c1-16(2)24-11-10-19-13-18(8-9-22(19)24)12-17(3)23-14-20-6-4-5-7-21(20)15-23/h4-9,13,16-17H,10-12,14-15H2,1-3H3. The van der Waals surface area contributed by atoms with Crippen molar-refractivity contribution in [1.29, 1.82) is 0 Å². The van der Waals surface area contributed by atoms with E-state index < -0.39 is 0 Å². The van der Waals surface area contributed by atoms with Gasteiger partial charge in [0.2, 0.25) is 0 Å². The lowest BCUT2D eigenvalue weighted by Crippen LogP contribution is -2.29. The molecule has 2 heterocycles. The van der Waals surface area contributed by atoms with Crippen LogP contribution in [0.4, 0.5) is 5.69 Å². The van der Waals surface area contributed by atoms with Crippen molar-refractivity contribution in [1.82, 2.24) is 4.90 Å². The van der Waals surface area contributed by atoms with E-state index in [0.717, 1.165) is 19.5 Å². The quantitative estimate of drug-likeness (QED) is 0.823. The van der Waals surface area contributed by atoms with Gasteiger partial charge in [0.05, 0.1) is 0 Å². The van der Waals surface area contributed by atoms with Gasteiger partial charge < -0.3 is 4.90 Å². The van der Waals surface area contributed by atoms with Crippen LogP contribution in [-0.4, -0.2) is 23.5 Å². The third-order valence-electron chi connectivity index (χ3n) is 5.72. The minimum Gasteiger partial charge on any atom is -0.369 e. The summed E-state index contributed by atoms with van der Waals surface area (Å²) in [5, 5.41) is 0. The van der Waals surface area contributed by atoms with Gasteiger partial charge in [0.1, 0.15) is 0 Å². The topological polar surface area (TPSA) is 6.48 Å². The molecular formula is C22H28N2. The highest BCUT2D eigenvalue weighted by Crippen LogP contribution is 2.31. The minimum atomic E-state index is 0.582. The second-order valence-corrected chi connectivity index (χ2v) is 7.73. The largest absolute Gasteiger partial charge is 0.369 e. The molecule has 0 aliphatic carbocycles. The second kappa shape index (κ2) is 6.25. The summed E-state index contributed by atoms with van der Waals surface area (Å²) in [4.78, 5) is 5.14. The lowest BCUT2D eigenvalue weighted by Gasteiger charge is -2.25. The van der Waals surface area contributed by atoms with Gasteiger partial charge in [-0.25, -0.2) is 0 Å². The van der Waals surface area contributed by atoms with E-state index in [0.29, 0.717) is 12.1 Å².